The van der Waals surface area contributed by atoms with Crippen molar-refractivity contribution in [3.05, 3.63) is 18.7 Å². The second kappa shape index (κ2) is 3.90. The SMILES string of the molecule is O=C(NC1CN2CCC1CC2)n1ccnc1. The highest BCUT2D eigenvalue weighted by molar-refractivity contribution is 5.76. The van der Waals surface area contributed by atoms with E-state index in [4.69, 9.17) is 0 Å². The number of rotatable bonds is 1. The lowest BCUT2D eigenvalue weighted by atomic mass is 9.84. The van der Waals surface area contributed by atoms with Crippen LogP contribution in [0.2, 0.25) is 0 Å². The van der Waals surface area contributed by atoms with Crippen molar-refractivity contribution in [2.24, 2.45) is 5.92 Å². The molecule has 0 aromatic carbocycles. The molecule has 5 heteroatoms. The Morgan fingerprint density at radius 2 is 2.19 bits per heavy atom. The van der Waals surface area contributed by atoms with Crippen LogP contribution in [0.1, 0.15) is 12.8 Å². The van der Waals surface area contributed by atoms with Crippen LogP contribution in [-0.4, -0.2) is 46.2 Å². The van der Waals surface area contributed by atoms with Crippen LogP contribution in [0, 0.1) is 5.92 Å². The molecular formula is C11H16N4O. The van der Waals surface area contributed by atoms with Crippen LogP contribution in [0.5, 0.6) is 0 Å². The fourth-order valence-corrected chi connectivity index (χ4v) is 2.74. The van der Waals surface area contributed by atoms with Gasteiger partial charge in [0.2, 0.25) is 0 Å². The topological polar surface area (TPSA) is 50.2 Å². The molecule has 16 heavy (non-hydrogen) atoms. The number of aromatic nitrogens is 2. The summed E-state index contributed by atoms with van der Waals surface area (Å²) < 4.78 is 1.50. The molecule has 0 aliphatic carbocycles. The largest absolute Gasteiger partial charge is 0.333 e. The van der Waals surface area contributed by atoms with E-state index in [2.05, 4.69) is 15.2 Å². The maximum Gasteiger partial charge on any atom is 0.327 e. The summed E-state index contributed by atoms with van der Waals surface area (Å²) in [6.07, 6.45) is 7.27. The molecule has 1 aromatic heterocycles. The Morgan fingerprint density at radius 3 is 2.75 bits per heavy atom. The Labute approximate surface area is 94.4 Å². The van der Waals surface area contributed by atoms with E-state index in [0.29, 0.717) is 12.0 Å². The number of hydrogen-bond donors (Lipinski definition) is 1. The van der Waals surface area contributed by atoms with Gasteiger partial charge in [0.1, 0.15) is 6.33 Å². The van der Waals surface area contributed by atoms with Crippen molar-refractivity contribution in [2.45, 2.75) is 18.9 Å². The zero-order valence-corrected chi connectivity index (χ0v) is 9.17. The molecule has 3 saturated heterocycles. The predicted molar refractivity (Wildman–Crippen MR) is 59.1 cm³/mol. The van der Waals surface area contributed by atoms with Gasteiger partial charge in [0, 0.05) is 25.0 Å². The standard InChI is InChI=1S/C11H16N4O/c16-11(15-6-3-12-8-15)13-10-7-14-4-1-9(10)2-5-14/h3,6,8-10H,1-2,4-5,7H2,(H,13,16). The Morgan fingerprint density at radius 1 is 1.38 bits per heavy atom. The van der Waals surface area contributed by atoms with Crippen molar-refractivity contribution >= 4 is 6.03 Å². The van der Waals surface area contributed by atoms with E-state index < -0.39 is 0 Å². The third kappa shape index (κ3) is 1.71. The number of fused-ring (bicyclic) bond motifs is 3. The molecule has 0 saturated carbocycles. The molecule has 4 rings (SSSR count). The van der Waals surface area contributed by atoms with Crippen LogP contribution in [0.15, 0.2) is 18.7 Å². The van der Waals surface area contributed by atoms with Gasteiger partial charge in [-0.2, -0.15) is 0 Å². The summed E-state index contributed by atoms with van der Waals surface area (Å²) in [4.78, 5) is 18.1. The fourth-order valence-electron chi connectivity index (χ4n) is 2.74. The maximum absolute atomic E-state index is 11.8. The molecule has 5 nitrogen and oxygen atoms in total. The minimum atomic E-state index is -0.0590. The zero-order chi connectivity index (χ0) is 11.0. The van der Waals surface area contributed by atoms with E-state index in [-0.39, 0.29) is 6.03 Å². The van der Waals surface area contributed by atoms with E-state index >= 15 is 0 Å². The van der Waals surface area contributed by atoms with Crippen LogP contribution >= 0.6 is 0 Å². The molecule has 3 fully saturated rings. The van der Waals surface area contributed by atoms with Crippen molar-refractivity contribution in [3.63, 3.8) is 0 Å². The molecule has 1 amide bonds. The van der Waals surface area contributed by atoms with Crippen molar-refractivity contribution in [3.8, 4) is 0 Å². The number of hydrogen-bond acceptors (Lipinski definition) is 3. The van der Waals surface area contributed by atoms with Crippen molar-refractivity contribution in [1.82, 2.24) is 19.8 Å². The molecule has 1 unspecified atom stereocenters. The smallest absolute Gasteiger partial charge is 0.327 e. The van der Waals surface area contributed by atoms with Crippen LogP contribution in [0.25, 0.3) is 0 Å². The fraction of sp³-hybridized carbons (Fsp3) is 0.636. The first-order chi connectivity index (χ1) is 7.83. The molecule has 0 spiro atoms. The monoisotopic (exact) mass is 220 g/mol. The van der Waals surface area contributed by atoms with Gasteiger partial charge >= 0.3 is 6.03 Å². The van der Waals surface area contributed by atoms with E-state index in [9.17, 15) is 4.79 Å². The Balaban J connectivity index is 1.65. The van der Waals surface area contributed by atoms with Gasteiger partial charge in [-0.1, -0.05) is 0 Å². The van der Waals surface area contributed by atoms with E-state index in [1.54, 1.807) is 12.4 Å². The summed E-state index contributed by atoms with van der Waals surface area (Å²) in [7, 11) is 0. The van der Waals surface area contributed by atoms with Crippen LogP contribution in [-0.2, 0) is 0 Å². The Kier molecular flexibility index (Phi) is 2.40. The zero-order valence-electron chi connectivity index (χ0n) is 9.17. The minimum absolute atomic E-state index is 0.0590. The molecule has 4 heterocycles. The lowest BCUT2D eigenvalue weighted by Crippen LogP contribution is -2.57. The molecule has 1 N–H and O–H groups in total. The van der Waals surface area contributed by atoms with Gasteiger partial charge in [0.25, 0.3) is 0 Å². The third-order valence-corrected chi connectivity index (χ3v) is 3.70. The average molecular weight is 220 g/mol. The highest BCUT2D eigenvalue weighted by Gasteiger charge is 2.34. The molecule has 1 atom stereocenters. The minimum Gasteiger partial charge on any atom is -0.333 e. The second-order valence-corrected chi connectivity index (χ2v) is 4.66. The Bertz CT molecular complexity index is 367. The number of nitrogens with one attached hydrogen (secondary N) is 1. The normalized spacial score (nSPS) is 32.6. The summed E-state index contributed by atoms with van der Waals surface area (Å²) in [5.41, 5.74) is 0. The Hall–Kier alpha value is -1.36. The summed E-state index contributed by atoms with van der Waals surface area (Å²) >= 11 is 0. The van der Waals surface area contributed by atoms with Crippen LogP contribution < -0.4 is 5.32 Å². The van der Waals surface area contributed by atoms with Crippen molar-refractivity contribution < 1.29 is 4.79 Å². The highest BCUT2D eigenvalue weighted by Crippen LogP contribution is 2.27. The second-order valence-electron chi connectivity index (χ2n) is 4.66. The van der Waals surface area contributed by atoms with Gasteiger partial charge in [0.15, 0.2) is 0 Å². The summed E-state index contributed by atoms with van der Waals surface area (Å²) in [5.74, 6) is 0.664. The van der Waals surface area contributed by atoms with Gasteiger partial charge in [-0.15, -0.1) is 0 Å². The van der Waals surface area contributed by atoms with Crippen molar-refractivity contribution in [2.75, 3.05) is 19.6 Å². The first-order valence-electron chi connectivity index (χ1n) is 5.84. The number of imidazole rings is 1. The maximum atomic E-state index is 11.8. The highest BCUT2D eigenvalue weighted by atomic mass is 16.2. The summed E-state index contributed by atoms with van der Waals surface area (Å²) in [6, 6.07) is 0.258. The third-order valence-electron chi connectivity index (χ3n) is 3.70. The number of nitrogens with zero attached hydrogens (tertiary/aromatic N) is 3. The van der Waals surface area contributed by atoms with Crippen LogP contribution in [0.4, 0.5) is 4.79 Å². The number of amides is 1. The average Bonchev–Trinajstić information content (AvgIpc) is 2.84. The van der Waals surface area contributed by atoms with Gasteiger partial charge in [-0.05, 0) is 31.8 Å². The van der Waals surface area contributed by atoms with Gasteiger partial charge < -0.3 is 10.2 Å². The van der Waals surface area contributed by atoms with E-state index in [1.807, 2.05) is 0 Å². The molecule has 3 aliphatic heterocycles. The summed E-state index contributed by atoms with van der Waals surface area (Å²) in [6.45, 7) is 3.40. The quantitative estimate of drug-likeness (QED) is 0.751. The molecular weight excluding hydrogens is 204 g/mol. The predicted octanol–water partition coefficient (Wildman–Crippen LogP) is 0.535. The molecule has 1 aromatic rings. The molecule has 3 aliphatic rings. The molecule has 2 bridgehead atoms. The first kappa shape index (κ1) is 9.84. The van der Waals surface area contributed by atoms with Gasteiger partial charge in [0.05, 0.1) is 0 Å². The van der Waals surface area contributed by atoms with E-state index in [0.717, 1.165) is 6.54 Å². The summed E-state index contributed by atoms with van der Waals surface area (Å²) in [5, 5.41) is 3.10. The lowest BCUT2D eigenvalue weighted by Gasteiger charge is -2.44. The van der Waals surface area contributed by atoms with E-state index in [1.165, 1.54) is 36.8 Å². The van der Waals surface area contributed by atoms with Gasteiger partial charge in [-0.3, -0.25) is 4.57 Å². The lowest BCUT2D eigenvalue weighted by molar-refractivity contribution is 0.0767. The number of piperidine rings is 3. The van der Waals surface area contributed by atoms with Crippen LogP contribution in [0.3, 0.4) is 0 Å². The number of carbonyl (C=O) groups is 1. The van der Waals surface area contributed by atoms with Gasteiger partial charge in [-0.25, -0.2) is 9.78 Å². The number of carbonyl (C=O) groups excluding carboxylic acids is 1. The van der Waals surface area contributed by atoms with Crippen molar-refractivity contribution in [1.29, 1.82) is 0 Å². The molecule has 86 valence electrons. The first-order valence-corrected chi connectivity index (χ1v) is 5.84. The molecule has 0 radical (unpaired) electrons.